The van der Waals surface area contributed by atoms with Gasteiger partial charge >= 0.3 is 6.03 Å². The number of nitrogens with zero attached hydrogens (tertiary/aromatic N) is 1. The Morgan fingerprint density at radius 1 is 1.11 bits per heavy atom. The van der Waals surface area contributed by atoms with Crippen molar-refractivity contribution >= 4 is 41.2 Å². The number of barbiturate groups is 1. The molecule has 9 heteroatoms. The van der Waals surface area contributed by atoms with Crippen molar-refractivity contribution in [3.8, 4) is 17.2 Å². The molecule has 0 unspecified atom stereocenters. The topological polar surface area (TPSA) is 94.2 Å². The van der Waals surface area contributed by atoms with Crippen molar-refractivity contribution < 1.29 is 28.6 Å². The Hall–Kier alpha value is -3.52. The van der Waals surface area contributed by atoms with E-state index in [1.165, 1.54) is 25.3 Å². The average Bonchev–Trinajstić information content (AvgIpc) is 3.13. The average molecular weight is 401 g/mol. The lowest BCUT2D eigenvalue weighted by Gasteiger charge is -2.26. The van der Waals surface area contributed by atoms with Crippen molar-refractivity contribution in [1.29, 1.82) is 0 Å². The standard InChI is InChI=1S/C19H13ClN2O6/c1-26-14-4-2-10(7-13(14)20)6-12-17(23)21-19(25)22(18(12)24)11-3-5-15-16(8-11)28-9-27-15/h2-8H,9H2,1H3,(H,21,23,25)/b12-6+. The lowest BCUT2D eigenvalue weighted by molar-refractivity contribution is -0.122. The molecule has 1 saturated heterocycles. The van der Waals surface area contributed by atoms with Crippen LogP contribution in [0.15, 0.2) is 42.0 Å². The van der Waals surface area contributed by atoms with Crippen molar-refractivity contribution in [2.45, 2.75) is 0 Å². The smallest absolute Gasteiger partial charge is 0.335 e. The van der Waals surface area contributed by atoms with Crippen molar-refractivity contribution in [2.75, 3.05) is 18.8 Å². The second-order valence-electron chi connectivity index (χ2n) is 5.89. The zero-order valence-electron chi connectivity index (χ0n) is 14.5. The number of hydrogen-bond donors (Lipinski definition) is 1. The van der Waals surface area contributed by atoms with E-state index in [9.17, 15) is 14.4 Å². The molecular weight excluding hydrogens is 388 g/mol. The normalized spacial score (nSPS) is 17.1. The number of methoxy groups -OCH3 is 1. The van der Waals surface area contributed by atoms with E-state index in [0.717, 1.165) is 4.90 Å². The summed E-state index contributed by atoms with van der Waals surface area (Å²) in [4.78, 5) is 38.3. The Morgan fingerprint density at radius 2 is 1.89 bits per heavy atom. The Balaban J connectivity index is 1.71. The summed E-state index contributed by atoms with van der Waals surface area (Å²) >= 11 is 6.09. The van der Waals surface area contributed by atoms with Gasteiger partial charge in [0.25, 0.3) is 11.8 Å². The van der Waals surface area contributed by atoms with Gasteiger partial charge in [-0.15, -0.1) is 0 Å². The number of halogens is 1. The van der Waals surface area contributed by atoms with Gasteiger partial charge in [0, 0.05) is 6.07 Å². The Morgan fingerprint density at radius 3 is 2.64 bits per heavy atom. The van der Waals surface area contributed by atoms with Gasteiger partial charge in [0.1, 0.15) is 11.3 Å². The summed E-state index contributed by atoms with van der Waals surface area (Å²) in [7, 11) is 1.48. The number of amides is 4. The minimum Gasteiger partial charge on any atom is -0.495 e. The SMILES string of the molecule is COc1ccc(/C=C2\C(=O)NC(=O)N(c3ccc4c(c3)OCO4)C2=O)cc1Cl. The highest BCUT2D eigenvalue weighted by Gasteiger charge is 2.37. The zero-order chi connectivity index (χ0) is 19.8. The molecule has 2 aliphatic heterocycles. The maximum Gasteiger partial charge on any atom is 0.335 e. The summed E-state index contributed by atoms with van der Waals surface area (Å²) in [6.07, 6.45) is 1.36. The molecule has 0 aromatic heterocycles. The van der Waals surface area contributed by atoms with E-state index >= 15 is 0 Å². The summed E-state index contributed by atoms with van der Waals surface area (Å²) in [5, 5.41) is 2.49. The lowest BCUT2D eigenvalue weighted by Crippen LogP contribution is -2.54. The first-order valence-electron chi connectivity index (χ1n) is 8.12. The molecule has 0 spiro atoms. The van der Waals surface area contributed by atoms with Crippen LogP contribution in [0.25, 0.3) is 6.08 Å². The zero-order valence-corrected chi connectivity index (χ0v) is 15.3. The van der Waals surface area contributed by atoms with Gasteiger partial charge in [0.05, 0.1) is 17.8 Å². The van der Waals surface area contributed by atoms with Gasteiger partial charge in [0.2, 0.25) is 6.79 Å². The number of urea groups is 1. The van der Waals surface area contributed by atoms with Crippen molar-refractivity contribution in [3.63, 3.8) is 0 Å². The number of fused-ring (bicyclic) bond motifs is 1. The van der Waals surface area contributed by atoms with Gasteiger partial charge in [-0.1, -0.05) is 17.7 Å². The molecule has 2 aliphatic rings. The minimum absolute atomic E-state index is 0.0563. The van der Waals surface area contributed by atoms with E-state index in [-0.39, 0.29) is 18.1 Å². The maximum absolute atomic E-state index is 12.9. The van der Waals surface area contributed by atoms with E-state index in [2.05, 4.69) is 5.32 Å². The third kappa shape index (κ3) is 3.03. The molecule has 1 fully saturated rings. The number of rotatable bonds is 3. The van der Waals surface area contributed by atoms with Crippen LogP contribution in [0.3, 0.4) is 0 Å². The molecule has 4 amide bonds. The Bertz CT molecular complexity index is 1050. The van der Waals surface area contributed by atoms with Crippen LogP contribution >= 0.6 is 11.6 Å². The highest BCUT2D eigenvalue weighted by Crippen LogP contribution is 2.36. The molecule has 0 bridgehead atoms. The predicted molar refractivity (Wildman–Crippen MR) is 99.6 cm³/mol. The first kappa shape index (κ1) is 17.9. The fraction of sp³-hybridized carbons (Fsp3) is 0.105. The first-order valence-corrected chi connectivity index (χ1v) is 8.50. The third-order valence-corrected chi connectivity index (χ3v) is 4.50. The lowest BCUT2D eigenvalue weighted by atomic mass is 10.1. The van der Waals surface area contributed by atoms with Crippen molar-refractivity contribution in [3.05, 3.63) is 52.6 Å². The van der Waals surface area contributed by atoms with E-state index in [0.29, 0.717) is 27.8 Å². The highest BCUT2D eigenvalue weighted by atomic mass is 35.5. The van der Waals surface area contributed by atoms with Crippen LogP contribution in [-0.4, -0.2) is 31.7 Å². The molecule has 0 aliphatic carbocycles. The summed E-state index contributed by atoms with van der Waals surface area (Å²) in [5.41, 5.74) is 0.542. The Kier molecular flexibility index (Phi) is 4.40. The van der Waals surface area contributed by atoms with Crippen LogP contribution < -0.4 is 24.4 Å². The van der Waals surface area contributed by atoms with Crippen LogP contribution in [-0.2, 0) is 9.59 Å². The summed E-state index contributed by atoms with van der Waals surface area (Å²) in [5.74, 6) is -0.185. The van der Waals surface area contributed by atoms with Gasteiger partial charge in [-0.05, 0) is 35.9 Å². The monoisotopic (exact) mass is 400 g/mol. The van der Waals surface area contributed by atoms with E-state index in [1.807, 2.05) is 0 Å². The fourth-order valence-corrected chi connectivity index (χ4v) is 3.12. The third-order valence-electron chi connectivity index (χ3n) is 4.20. The minimum atomic E-state index is -0.848. The number of nitrogens with one attached hydrogen (secondary N) is 1. The fourth-order valence-electron chi connectivity index (χ4n) is 2.86. The molecule has 2 aromatic carbocycles. The van der Waals surface area contributed by atoms with E-state index in [1.54, 1.807) is 24.3 Å². The van der Waals surface area contributed by atoms with Gasteiger partial charge < -0.3 is 14.2 Å². The summed E-state index contributed by atoms with van der Waals surface area (Å²) in [6.45, 7) is 0.0563. The maximum atomic E-state index is 12.9. The van der Waals surface area contributed by atoms with E-state index < -0.39 is 17.8 Å². The van der Waals surface area contributed by atoms with Crippen LogP contribution in [0.5, 0.6) is 17.2 Å². The molecule has 0 radical (unpaired) electrons. The number of benzene rings is 2. The van der Waals surface area contributed by atoms with Gasteiger partial charge in [0.15, 0.2) is 11.5 Å². The van der Waals surface area contributed by atoms with Crippen LogP contribution in [0, 0.1) is 0 Å². The molecule has 0 saturated carbocycles. The highest BCUT2D eigenvalue weighted by molar-refractivity contribution is 6.39. The van der Waals surface area contributed by atoms with Crippen molar-refractivity contribution in [1.82, 2.24) is 5.32 Å². The number of carbonyl (C=O) groups is 3. The van der Waals surface area contributed by atoms with E-state index in [4.69, 9.17) is 25.8 Å². The summed E-state index contributed by atoms with van der Waals surface area (Å²) in [6, 6.07) is 8.57. The van der Waals surface area contributed by atoms with Gasteiger partial charge in [-0.2, -0.15) is 0 Å². The Labute approximate surface area is 164 Å². The molecular formula is C19H13ClN2O6. The molecule has 0 atom stereocenters. The van der Waals surface area contributed by atoms with Crippen LogP contribution in [0.4, 0.5) is 10.5 Å². The largest absolute Gasteiger partial charge is 0.495 e. The number of hydrogen-bond acceptors (Lipinski definition) is 6. The molecule has 142 valence electrons. The molecule has 2 heterocycles. The van der Waals surface area contributed by atoms with Gasteiger partial charge in [-0.3, -0.25) is 14.9 Å². The number of imide groups is 2. The number of carbonyl (C=O) groups excluding carboxylic acids is 3. The molecule has 8 nitrogen and oxygen atoms in total. The second kappa shape index (κ2) is 6.90. The molecule has 28 heavy (non-hydrogen) atoms. The number of ether oxygens (including phenoxy) is 3. The molecule has 2 aromatic rings. The summed E-state index contributed by atoms with van der Waals surface area (Å²) < 4.78 is 15.6. The van der Waals surface area contributed by atoms with Gasteiger partial charge in [-0.25, -0.2) is 9.69 Å². The van der Waals surface area contributed by atoms with Crippen LogP contribution in [0.1, 0.15) is 5.56 Å². The second-order valence-corrected chi connectivity index (χ2v) is 6.30. The quantitative estimate of drug-likeness (QED) is 0.629. The molecule has 1 N–H and O–H groups in total. The number of anilines is 1. The van der Waals surface area contributed by atoms with Crippen molar-refractivity contribution in [2.24, 2.45) is 0 Å². The molecule has 4 rings (SSSR count). The van der Waals surface area contributed by atoms with Crippen LogP contribution in [0.2, 0.25) is 5.02 Å². The first-order chi connectivity index (χ1) is 13.5. The predicted octanol–water partition coefficient (Wildman–Crippen LogP) is 2.74.